The highest BCUT2D eigenvalue weighted by Gasteiger charge is 2.52. The first kappa shape index (κ1) is 18.8. The largest absolute Gasteiger partial charge is 0.375 e. The van der Waals surface area contributed by atoms with Crippen LogP contribution in [0.5, 0.6) is 0 Å². The maximum Gasteiger partial charge on any atom is 0.243 e. The summed E-state index contributed by atoms with van der Waals surface area (Å²) in [5.41, 5.74) is 1.16. The predicted octanol–water partition coefficient (Wildman–Crippen LogP) is 2.54. The van der Waals surface area contributed by atoms with E-state index in [1.807, 2.05) is 26.2 Å². The third-order valence-electron chi connectivity index (χ3n) is 5.46. The van der Waals surface area contributed by atoms with Gasteiger partial charge in [-0.15, -0.1) is 0 Å². The Bertz CT molecular complexity index is 685. The van der Waals surface area contributed by atoms with Crippen molar-refractivity contribution in [3.8, 4) is 0 Å². The van der Waals surface area contributed by atoms with Crippen molar-refractivity contribution in [2.24, 2.45) is 5.92 Å². The summed E-state index contributed by atoms with van der Waals surface area (Å²) >= 11 is 0. The molecule has 2 fully saturated rings. The summed E-state index contributed by atoms with van der Waals surface area (Å²) in [7, 11) is 0.593. The standard InChI is InChI=1S/C19H30N2O3S/c1-14(2)15-5-8-17(9-6-15)25(22,23)21-13-16-7-10-18(21)19(16)24-12-11-20(3)4/h5-6,8-9,14,16,18-19H,7,10-13H2,1-4H3/t16-,18+,19-/m1/s1. The average Bonchev–Trinajstić information content (AvgIpc) is 3.12. The summed E-state index contributed by atoms with van der Waals surface area (Å²) in [5.74, 6) is 0.728. The zero-order valence-electron chi connectivity index (χ0n) is 15.7. The first-order valence-corrected chi connectivity index (χ1v) is 10.6. The Morgan fingerprint density at radius 3 is 2.48 bits per heavy atom. The Labute approximate surface area is 152 Å². The zero-order valence-corrected chi connectivity index (χ0v) is 16.5. The van der Waals surface area contributed by atoms with E-state index in [4.69, 9.17) is 4.74 Å². The molecule has 0 N–H and O–H groups in total. The van der Waals surface area contributed by atoms with Crippen molar-refractivity contribution in [2.45, 2.75) is 49.6 Å². The lowest BCUT2D eigenvalue weighted by molar-refractivity contribution is 0.0262. The number of likely N-dealkylation sites (N-methyl/N-ethyl adjacent to an activating group) is 1. The normalized spacial score (nSPS) is 26.9. The molecule has 5 nitrogen and oxygen atoms in total. The monoisotopic (exact) mass is 366 g/mol. The summed E-state index contributed by atoms with van der Waals surface area (Å²) in [6, 6.07) is 7.34. The van der Waals surface area contributed by atoms with Gasteiger partial charge >= 0.3 is 0 Å². The minimum atomic E-state index is -3.44. The van der Waals surface area contributed by atoms with Crippen LogP contribution in [0.1, 0.15) is 38.2 Å². The quantitative estimate of drug-likeness (QED) is 0.744. The van der Waals surface area contributed by atoms with Crippen LogP contribution in [-0.4, -0.2) is 63.6 Å². The number of piperidine rings is 1. The molecule has 1 aliphatic carbocycles. The van der Waals surface area contributed by atoms with Crippen LogP contribution in [0.25, 0.3) is 0 Å². The molecule has 2 aliphatic rings. The number of hydrogen-bond donors (Lipinski definition) is 0. The van der Waals surface area contributed by atoms with Gasteiger partial charge in [0.15, 0.2) is 0 Å². The van der Waals surface area contributed by atoms with Crippen LogP contribution in [0.15, 0.2) is 29.2 Å². The number of benzene rings is 1. The summed E-state index contributed by atoms with van der Waals surface area (Å²) in [4.78, 5) is 2.48. The lowest BCUT2D eigenvalue weighted by Crippen LogP contribution is -2.40. The van der Waals surface area contributed by atoms with Crippen LogP contribution >= 0.6 is 0 Å². The molecule has 0 amide bonds. The van der Waals surface area contributed by atoms with E-state index in [0.29, 0.717) is 29.9 Å². The molecule has 0 aromatic heterocycles. The minimum Gasteiger partial charge on any atom is -0.375 e. The molecule has 1 heterocycles. The number of hydrogen-bond acceptors (Lipinski definition) is 4. The molecule has 0 radical (unpaired) electrons. The van der Waals surface area contributed by atoms with Crippen molar-refractivity contribution in [2.75, 3.05) is 33.8 Å². The van der Waals surface area contributed by atoms with Gasteiger partial charge in [0, 0.05) is 19.0 Å². The van der Waals surface area contributed by atoms with Gasteiger partial charge in [0.1, 0.15) is 0 Å². The Morgan fingerprint density at radius 1 is 1.20 bits per heavy atom. The second-order valence-electron chi connectivity index (χ2n) is 7.84. The second-order valence-corrected chi connectivity index (χ2v) is 9.73. The molecule has 1 saturated carbocycles. The van der Waals surface area contributed by atoms with Gasteiger partial charge in [-0.1, -0.05) is 26.0 Å². The molecule has 140 valence electrons. The molecule has 2 bridgehead atoms. The zero-order chi connectivity index (χ0) is 18.2. The maximum absolute atomic E-state index is 13.1. The molecule has 1 aliphatic heterocycles. The summed E-state index contributed by atoms with van der Waals surface area (Å²) in [6.07, 6.45) is 2.01. The first-order chi connectivity index (χ1) is 11.8. The molecule has 1 aromatic carbocycles. The van der Waals surface area contributed by atoms with Crippen LogP contribution in [-0.2, 0) is 14.8 Å². The van der Waals surface area contributed by atoms with Crippen molar-refractivity contribution < 1.29 is 13.2 Å². The average molecular weight is 367 g/mol. The fourth-order valence-electron chi connectivity index (χ4n) is 3.95. The van der Waals surface area contributed by atoms with Gasteiger partial charge in [0.2, 0.25) is 10.0 Å². The highest BCUT2D eigenvalue weighted by molar-refractivity contribution is 7.89. The molecule has 1 saturated heterocycles. The highest BCUT2D eigenvalue weighted by atomic mass is 32.2. The number of nitrogens with zero attached hydrogens (tertiary/aromatic N) is 2. The van der Waals surface area contributed by atoms with Crippen molar-refractivity contribution in [3.05, 3.63) is 29.8 Å². The van der Waals surface area contributed by atoms with Crippen molar-refractivity contribution in [1.82, 2.24) is 9.21 Å². The Balaban J connectivity index is 1.73. The second kappa shape index (κ2) is 7.35. The smallest absolute Gasteiger partial charge is 0.243 e. The van der Waals surface area contributed by atoms with Crippen LogP contribution < -0.4 is 0 Å². The van der Waals surface area contributed by atoms with Crippen LogP contribution in [0.2, 0.25) is 0 Å². The molecule has 1 aromatic rings. The SMILES string of the molecule is CC(C)c1ccc(S(=O)(=O)N2C[C@H]3CC[C@H]2[C@@H]3OCCN(C)C)cc1. The van der Waals surface area contributed by atoms with E-state index in [2.05, 4.69) is 18.7 Å². The first-order valence-electron chi connectivity index (χ1n) is 9.19. The summed E-state index contributed by atoms with van der Waals surface area (Å²) in [5, 5.41) is 0. The fourth-order valence-corrected chi connectivity index (χ4v) is 5.67. The number of sulfonamides is 1. The van der Waals surface area contributed by atoms with E-state index in [0.717, 1.165) is 24.9 Å². The van der Waals surface area contributed by atoms with Crippen molar-refractivity contribution in [3.63, 3.8) is 0 Å². The minimum absolute atomic E-state index is 0.0121. The van der Waals surface area contributed by atoms with Crippen molar-refractivity contribution in [1.29, 1.82) is 0 Å². The molecular weight excluding hydrogens is 336 g/mol. The van der Waals surface area contributed by atoms with E-state index < -0.39 is 10.0 Å². The fraction of sp³-hybridized carbons (Fsp3) is 0.684. The molecule has 0 spiro atoms. The third kappa shape index (κ3) is 3.77. The topological polar surface area (TPSA) is 49.9 Å². The lowest BCUT2D eigenvalue weighted by Gasteiger charge is -2.26. The Morgan fingerprint density at radius 2 is 1.88 bits per heavy atom. The van der Waals surface area contributed by atoms with Gasteiger partial charge in [-0.25, -0.2) is 8.42 Å². The highest BCUT2D eigenvalue weighted by Crippen LogP contribution is 2.42. The molecular formula is C19H30N2O3S. The van der Waals surface area contributed by atoms with Crippen molar-refractivity contribution >= 4 is 10.0 Å². The molecule has 25 heavy (non-hydrogen) atoms. The molecule has 6 heteroatoms. The number of ether oxygens (including phenoxy) is 1. The van der Waals surface area contributed by atoms with E-state index >= 15 is 0 Å². The van der Waals surface area contributed by atoms with Gasteiger partial charge in [-0.05, 0) is 50.6 Å². The van der Waals surface area contributed by atoms with Crippen LogP contribution in [0, 0.1) is 5.92 Å². The molecule has 3 rings (SSSR count). The van der Waals surface area contributed by atoms with Gasteiger partial charge in [0.25, 0.3) is 0 Å². The summed E-state index contributed by atoms with van der Waals surface area (Å²) in [6.45, 7) is 6.32. The lowest BCUT2D eigenvalue weighted by atomic mass is 10.0. The van der Waals surface area contributed by atoms with Crippen LogP contribution in [0.4, 0.5) is 0 Å². The van der Waals surface area contributed by atoms with E-state index in [1.165, 1.54) is 0 Å². The van der Waals surface area contributed by atoms with Crippen LogP contribution in [0.3, 0.4) is 0 Å². The third-order valence-corrected chi connectivity index (χ3v) is 7.37. The van der Waals surface area contributed by atoms with Gasteiger partial charge in [0.05, 0.1) is 23.6 Å². The van der Waals surface area contributed by atoms with Gasteiger partial charge in [-0.3, -0.25) is 0 Å². The Hall–Kier alpha value is -0.950. The van der Waals surface area contributed by atoms with E-state index in [9.17, 15) is 8.42 Å². The van der Waals surface area contributed by atoms with E-state index in [-0.39, 0.29) is 12.1 Å². The molecule has 3 atom stereocenters. The predicted molar refractivity (Wildman–Crippen MR) is 99.2 cm³/mol. The maximum atomic E-state index is 13.1. The van der Waals surface area contributed by atoms with Gasteiger partial charge in [-0.2, -0.15) is 4.31 Å². The summed E-state index contributed by atoms with van der Waals surface area (Å²) < 4.78 is 33.9. The number of fused-ring (bicyclic) bond motifs is 2. The number of rotatable bonds is 7. The molecule has 0 unspecified atom stereocenters. The Kier molecular flexibility index (Phi) is 5.54. The van der Waals surface area contributed by atoms with E-state index in [1.54, 1.807) is 16.4 Å². The van der Waals surface area contributed by atoms with Gasteiger partial charge < -0.3 is 9.64 Å².